The fourth-order valence-electron chi connectivity index (χ4n) is 3.08. The summed E-state index contributed by atoms with van der Waals surface area (Å²) in [6.45, 7) is 10.5. The van der Waals surface area contributed by atoms with Gasteiger partial charge in [0.05, 0.1) is 31.2 Å². The minimum atomic E-state index is -0.397. The third-order valence-corrected chi connectivity index (χ3v) is 4.41. The number of carbonyl (C=O) groups is 1. The number of aromatic nitrogens is 2. The van der Waals surface area contributed by atoms with Crippen LogP contribution in [0.5, 0.6) is 11.5 Å². The molecule has 1 atom stereocenters. The lowest BCUT2D eigenvalue weighted by atomic mass is 9.95. The first-order valence-corrected chi connectivity index (χ1v) is 9.80. The van der Waals surface area contributed by atoms with Crippen molar-refractivity contribution in [3.05, 3.63) is 45.5 Å². The van der Waals surface area contributed by atoms with Crippen LogP contribution in [0.25, 0.3) is 0 Å². The lowest BCUT2D eigenvalue weighted by Crippen LogP contribution is -2.34. The van der Waals surface area contributed by atoms with Crippen molar-refractivity contribution in [3.63, 3.8) is 0 Å². The zero-order chi connectivity index (χ0) is 21.6. The van der Waals surface area contributed by atoms with Crippen molar-refractivity contribution in [1.29, 1.82) is 0 Å². The number of nitrogens with two attached hydrogens (primary N) is 1. The Kier molecular flexibility index (Phi) is 7.64. The van der Waals surface area contributed by atoms with Crippen LogP contribution < -0.4 is 26.1 Å². The zero-order valence-corrected chi connectivity index (χ0v) is 17.7. The fraction of sp³-hybridized carbons (Fsp3) is 0.476. The second kappa shape index (κ2) is 9.95. The molecule has 1 amide bonds. The van der Waals surface area contributed by atoms with Gasteiger partial charge in [-0.1, -0.05) is 19.9 Å². The van der Waals surface area contributed by atoms with Crippen molar-refractivity contribution >= 4 is 11.7 Å². The van der Waals surface area contributed by atoms with E-state index >= 15 is 0 Å². The molecule has 2 aromatic rings. The van der Waals surface area contributed by atoms with E-state index in [1.807, 2.05) is 45.9 Å². The van der Waals surface area contributed by atoms with E-state index in [0.29, 0.717) is 30.5 Å². The SMILES string of the molecule is CCOc1ccc(C(NC(=O)Cc2c(N)nc(C)[nH]c2=O)C(C)C)cc1OCC. The van der Waals surface area contributed by atoms with E-state index < -0.39 is 5.56 Å². The molecular formula is C21H30N4O4. The van der Waals surface area contributed by atoms with E-state index in [2.05, 4.69) is 15.3 Å². The van der Waals surface area contributed by atoms with Crippen LogP contribution >= 0.6 is 0 Å². The zero-order valence-electron chi connectivity index (χ0n) is 17.7. The fourth-order valence-corrected chi connectivity index (χ4v) is 3.08. The van der Waals surface area contributed by atoms with Crippen LogP contribution in [-0.4, -0.2) is 29.1 Å². The van der Waals surface area contributed by atoms with Crippen LogP contribution in [0.15, 0.2) is 23.0 Å². The highest BCUT2D eigenvalue weighted by atomic mass is 16.5. The number of benzene rings is 1. The van der Waals surface area contributed by atoms with Crippen LogP contribution in [0.4, 0.5) is 5.82 Å². The highest BCUT2D eigenvalue weighted by Crippen LogP contribution is 2.33. The van der Waals surface area contributed by atoms with Crippen LogP contribution in [0.1, 0.15) is 50.7 Å². The summed E-state index contributed by atoms with van der Waals surface area (Å²) in [5, 5.41) is 3.00. The summed E-state index contributed by atoms with van der Waals surface area (Å²) in [4.78, 5) is 31.4. The standard InChI is InChI=1S/C21H30N4O4/c1-6-28-16-9-8-14(10-17(16)29-7-2)19(12(3)4)25-18(26)11-15-20(22)23-13(5)24-21(15)27/h8-10,12,19H,6-7,11H2,1-5H3,(H,25,26)(H3,22,23,24,27). The van der Waals surface area contributed by atoms with E-state index in [4.69, 9.17) is 15.2 Å². The van der Waals surface area contributed by atoms with Gasteiger partial charge in [0.25, 0.3) is 5.56 Å². The molecule has 0 saturated carbocycles. The number of aromatic amines is 1. The predicted molar refractivity (Wildman–Crippen MR) is 112 cm³/mol. The topological polar surface area (TPSA) is 119 Å². The molecule has 2 rings (SSSR count). The number of aryl methyl sites for hydroxylation is 1. The van der Waals surface area contributed by atoms with E-state index in [-0.39, 0.29) is 35.7 Å². The molecule has 1 aromatic heterocycles. The van der Waals surface area contributed by atoms with Crippen molar-refractivity contribution in [1.82, 2.24) is 15.3 Å². The molecule has 4 N–H and O–H groups in total. The minimum Gasteiger partial charge on any atom is -0.490 e. The lowest BCUT2D eigenvalue weighted by Gasteiger charge is -2.24. The van der Waals surface area contributed by atoms with Crippen molar-refractivity contribution < 1.29 is 14.3 Å². The molecule has 0 aliphatic rings. The Morgan fingerprint density at radius 3 is 2.45 bits per heavy atom. The summed E-state index contributed by atoms with van der Waals surface area (Å²) in [7, 11) is 0. The van der Waals surface area contributed by atoms with Gasteiger partial charge in [0, 0.05) is 0 Å². The monoisotopic (exact) mass is 402 g/mol. The Hall–Kier alpha value is -3.03. The molecule has 158 valence electrons. The summed E-state index contributed by atoms with van der Waals surface area (Å²) in [5.74, 6) is 1.58. The number of ether oxygens (including phenoxy) is 2. The number of nitrogen functional groups attached to an aromatic ring is 1. The normalized spacial score (nSPS) is 11.9. The predicted octanol–water partition coefficient (Wildman–Crippen LogP) is 2.51. The van der Waals surface area contributed by atoms with Crippen LogP contribution in [-0.2, 0) is 11.2 Å². The van der Waals surface area contributed by atoms with Crippen molar-refractivity contribution in [2.24, 2.45) is 5.92 Å². The highest BCUT2D eigenvalue weighted by molar-refractivity contribution is 5.80. The molecule has 0 spiro atoms. The summed E-state index contributed by atoms with van der Waals surface area (Å²) >= 11 is 0. The largest absolute Gasteiger partial charge is 0.490 e. The van der Waals surface area contributed by atoms with Gasteiger partial charge in [-0.25, -0.2) is 4.98 Å². The Morgan fingerprint density at radius 1 is 1.21 bits per heavy atom. The maximum absolute atomic E-state index is 12.7. The molecule has 0 aliphatic carbocycles. The lowest BCUT2D eigenvalue weighted by molar-refractivity contribution is -0.121. The van der Waals surface area contributed by atoms with Crippen molar-refractivity contribution in [2.45, 2.75) is 47.1 Å². The third-order valence-electron chi connectivity index (χ3n) is 4.41. The number of amides is 1. The van der Waals surface area contributed by atoms with Gasteiger partial charge in [-0.3, -0.25) is 9.59 Å². The number of carbonyl (C=O) groups excluding carboxylic acids is 1. The Morgan fingerprint density at radius 2 is 1.86 bits per heavy atom. The van der Waals surface area contributed by atoms with Gasteiger partial charge in [-0.05, 0) is 44.4 Å². The van der Waals surface area contributed by atoms with Crippen LogP contribution in [0.3, 0.4) is 0 Å². The molecule has 8 heteroatoms. The van der Waals surface area contributed by atoms with Gasteiger partial charge >= 0.3 is 0 Å². The molecule has 29 heavy (non-hydrogen) atoms. The van der Waals surface area contributed by atoms with Gasteiger partial charge in [-0.2, -0.15) is 0 Å². The highest BCUT2D eigenvalue weighted by Gasteiger charge is 2.22. The number of anilines is 1. The van der Waals surface area contributed by atoms with E-state index in [0.717, 1.165) is 5.56 Å². The van der Waals surface area contributed by atoms with Gasteiger partial charge in [-0.15, -0.1) is 0 Å². The van der Waals surface area contributed by atoms with E-state index in [9.17, 15) is 9.59 Å². The number of rotatable bonds is 9. The summed E-state index contributed by atoms with van der Waals surface area (Å²) in [6, 6.07) is 5.37. The first-order valence-electron chi connectivity index (χ1n) is 9.80. The van der Waals surface area contributed by atoms with Crippen LogP contribution in [0.2, 0.25) is 0 Å². The number of H-pyrrole nitrogens is 1. The van der Waals surface area contributed by atoms with Gasteiger partial charge in [0.2, 0.25) is 5.91 Å². The van der Waals surface area contributed by atoms with E-state index in [1.54, 1.807) is 6.92 Å². The van der Waals surface area contributed by atoms with Crippen molar-refractivity contribution in [3.8, 4) is 11.5 Å². The number of nitrogens with zero attached hydrogens (tertiary/aromatic N) is 1. The second-order valence-electron chi connectivity index (χ2n) is 7.05. The Balaban J connectivity index is 2.25. The number of hydrogen-bond donors (Lipinski definition) is 3. The Bertz CT molecular complexity index is 908. The number of hydrogen-bond acceptors (Lipinski definition) is 6. The second-order valence-corrected chi connectivity index (χ2v) is 7.05. The van der Waals surface area contributed by atoms with Gasteiger partial charge in [0.15, 0.2) is 11.5 Å². The molecule has 1 heterocycles. The number of nitrogens with one attached hydrogen (secondary N) is 2. The molecule has 0 aliphatic heterocycles. The first-order chi connectivity index (χ1) is 13.8. The third kappa shape index (κ3) is 5.73. The molecule has 0 saturated heterocycles. The molecule has 1 aromatic carbocycles. The smallest absolute Gasteiger partial charge is 0.256 e. The van der Waals surface area contributed by atoms with E-state index in [1.165, 1.54) is 0 Å². The average molecular weight is 402 g/mol. The summed E-state index contributed by atoms with van der Waals surface area (Å²) in [5.41, 5.74) is 6.49. The van der Waals surface area contributed by atoms with Gasteiger partial charge < -0.3 is 25.5 Å². The first kappa shape index (κ1) is 22.3. The van der Waals surface area contributed by atoms with Crippen molar-refractivity contribution in [2.75, 3.05) is 18.9 Å². The quantitative estimate of drug-likeness (QED) is 0.593. The average Bonchev–Trinajstić information content (AvgIpc) is 2.64. The maximum atomic E-state index is 12.7. The van der Waals surface area contributed by atoms with Crippen LogP contribution in [0, 0.1) is 12.8 Å². The summed E-state index contributed by atoms with van der Waals surface area (Å²) < 4.78 is 11.3. The molecule has 0 radical (unpaired) electrons. The Labute approximate surface area is 170 Å². The summed E-state index contributed by atoms with van der Waals surface area (Å²) in [6.07, 6.45) is -0.146. The maximum Gasteiger partial charge on any atom is 0.256 e. The minimum absolute atomic E-state index is 0.0715. The molecule has 8 nitrogen and oxygen atoms in total. The molecule has 0 fully saturated rings. The van der Waals surface area contributed by atoms with Gasteiger partial charge in [0.1, 0.15) is 11.6 Å². The molecule has 0 bridgehead atoms. The molecule has 1 unspecified atom stereocenters. The molecular weight excluding hydrogens is 372 g/mol.